The summed E-state index contributed by atoms with van der Waals surface area (Å²) < 4.78 is 11.9. The zero-order valence-corrected chi connectivity index (χ0v) is 14.6. The summed E-state index contributed by atoms with van der Waals surface area (Å²) in [5.74, 6) is 3.16. The number of fused-ring (bicyclic) bond motifs is 6. The molecule has 5 aliphatic rings. The van der Waals surface area contributed by atoms with E-state index in [0.717, 1.165) is 30.9 Å². The smallest absolute Gasteiger partial charge is 0.171 e. The van der Waals surface area contributed by atoms with Gasteiger partial charge < -0.3 is 14.4 Å². The summed E-state index contributed by atoms with van der Waals surface area (Å²) in [7, 11) is 0. The number of rotatable bonds is 0. The fraction of sp³-hybridized carbons (Fsp3) is 0.850. The van der Waals surface area contributed by atoms with Gasteiger partial charge in [-0.2, -0.15) is 0 Å². The Kier molecular flexibility index (Phi) is 2.44. The van der Waals surface area contributed by atoms with E-state index in [0.29, 0.717) is 11.8 Å². The Morgan fingerprint density at radius 1 is 1.12 bits per heavy atom. The van der Waals surface area contributed by atoms with Crippen LogP contribution >= 0.6 is 0 Å². The van der Waals surface area contributed by atoms with Crippen LogP contribution in [0.1, 0.15) is 69.8 Å². The molecule has 0 bridgehead atoms. The van der Waals surface area contributed by atoms with Gasteiger partial charge in [-0.25, -0.2) is 0 Å². The maximum Gasteiger partial charge on any atom is 0.171 e. The first-order chi connectivity index (χ1) is 11.5. The Balaban J connectivity index is 1.42. The number of hydrogen-bond donors (Lipinski definition) is 1. The molecule has 1 aromatic heterocycles. The highest BCUT2D eigenvalue weighted by atomic mass is 16.6. The van der Waals surface area contributed by atoms with Crippen molar-refractivity contribution in [1.82, 2.24) is 5.16 Å². The van der Waals surface area contributed by atoms with E-state index in [9.17, 15) is 5.11 Å². The van der Waals surface area contributed by atoms with Crippen LogP contribution in [0.15, 0.2) is 10.7 Å². The van der Waals surface area contributed by atoms with Crippen molar-refractivity contribution in [2.75, 3.05) is 0 Å². The van der Waals surface area contributed by atoms with E-state index in [4.69, 9.17) is 9.26 Å². The predicted octanol–water partition coefficient (Wildman–Crippen LogP) is 3.64. The summed E-state index contributed by atoms with van der Waals surface area (Å²) >= 11 is 0. The molecule has 4 fully saturated rings. The van der Waals surface area contributed by atoms with Gasteiger partial charge in [-0.05, 0) is 68.1 Å². The summed E-state index contributed by atoms with van der Waals surface area (Å²) in [6, 6.07) is 0. The molecule has 1 aromatic rings. The van der Waals surface area contributed by atoms with Crippen LogP contribution in [0.5, 0.6) is 0 Å². The second-order valence-corrected chi connectivity index (χ2v) is 9.75. The van der Waals surface area contributed by atoms with E-state index < -0.39 is 0 Å². The van der Waals surface area contributed by atoms with E-state index in [1.807, 2.05) is 6.20 Å². The molecule has 5 unspecified atom stereocenters. The average molecular weight is 329 g/mol. The molecule has 130 valence electrons. The third kappa shape index (κ3) is 1.37. The molecule has 4 aliphatic carbocycles. The van der Waals surface area contributed by atoms with Crippen molar-refractivity contribution in [1.29, 1.82) is 0 Å². The van der Waals surface area contributed by atoms with Gasteiger partial charge in [-0.1, -0.05) is 19.0 Å². The number of hydrogen-bond acceptors (Lipinski definition) is 4. The van der Waals surface area contributed by atoms with Crippen molar-refractivity contribution in [3.8, 4) is 0 Å². The molecule has 1 N–H and O–H groups in total. The quantitative estimate of drug-likeness (QED) is 0.738. The standard InChI is InChI=1S/C20H27NO3/c1-18-7-6-14-12(13(18)3-4-15(18)22)5-8-20-17(23-20)16-11(10-21-24-16)9-19(14,20)2/h10,12-15,17,22H,3-9H2,1-2H3/t12?,13?,14?,15?,17?,18-,19+,20+/m0/s1. The van der Waals surface area contributed by atoms with Gasteiger partial charge in [-0.15, -0.1) is 0 Å². The second kappa shape index (κ2) is 4.09. The fourth-order valence-electron chi connectivity index (χ4n) is 7.79. The summed E-state index contributed by atoms with van der Waals surface area (Å²) in [4.78, 5) is 0. The third-order valence-corrected chi connectivity index (χ3v) is 9.19. The van der Waals surface area contributed by atoms with Crippen LogP contribution in [0.2, 0.25) is 0 Å². The Hall–Kier alpha value is -0.870. The van der Waals surface area contributed by atoms with Gasteiger partial charge in [0.2, 0.25) is 0 Å². The lowest BCUT2D eigenvalue weighted by Crippen LogP contribution is -2.57. The minimum Gasteiger partial charge on any atom is -0.393 e. The molecule has 0 aromatic carbocycles. The van der Waals surface area contributed by atoms with Gasteiger partial charge in [0.25, 0.3) is 0 Å². The van der Waals surface area contributed by atoms with Crippen LogP contribution in [0.3, 0.4) is 0 Å². The van der Waals surface area contributed by atoms with Crippen molar-refractivity contribution in [3.05, 3.63) is 17.5 Å². The zero-order chi connectivity index (χ0) is 16.3. The van der Waals surface area contributed by atoms with Crippen molar-refractivity contribution in [2.24, 2.45) is 28.6 Å². The van der Waals surface area contributed by atoms with Crippen LogP contribution in [0.25, 0.3) is 0 Å². The molecule has 2 heterocycles. The van der Waals surface area contributed by atoms with Gasteiger partial charge in [-0.3, -0.25) is 0 Å². The molecule has 6 rings (SSSR count). The molecule has 4 heteroatoms. The van der Waals surface area contributed by atoms with E-state index in [-0.39, 0.29) is 28.6 Å². The SMILES string of the molecule is C[C@]12CCC3C(CC[C@@]45OC4c4oncc4C[C@]35C)C1CCC2O. The Bertz CT molecular complexity index is 715. The lowest BCUT2D eigenvalue weighted by molar-refractivity contribution is -0.117. The highest BCUT2D eigenvalue weighted by Gasteiger charge is 2.76. The zero-order valence-electron chi connectivity index (χ0n) is 14.6. The molecule has 3 saturated carbocycles. The summed E-state index contributed by atoms with van der Waals surface area (Å²) in [6.07, 6.45) is 10.1. The first kappa shape index (κ1) is 14.3. The van der Waals surface area contributed by atoms with Crippen LogP contribution in [0, 0.1) is 28.6 Å². The van der Waals surface area contributed by atoms with Crippen molar-refractivity contribution < 1.29 is 14.4 Å². The molecule has 4 nitrogen and oxygen atoms in total. The fourth-order valence-corrected chi connectivity index (χ4v) is 7.79. The number of epoxide rings is 1. The van der Waals surface area contributed by atoms with E-state index in [2.05, 4.69) is 19.0 Å². The summed E-state index contributed by atoms with van der Waals surface area (Å²) in [5, 5.41) is 14.6. The van der Waals surface area contributed by atoms with E-state index >= 15 is 0 Å². The molecule has 1 aliphatic heterocycles. The molecule has 0 amide bonds. The molecule has 8 atom stereocenters. The topological polar surface area (TPSA) is 58.8 Å². The predicted molar refractivity (Wildman–Crippen MR) is 87.2 cm³/mol. The first-order valence-electron chi connectivity index (χ1n) is 9.79. The van der Waals surface area contributed by atoms with Crippen molar-refractivity contribution >= 4 is 0 Å². The Labute approximate surface area is 142 Å². The number of aliphatic hydroxyl groups is 1. The number of ether oxygens (including phenoxy) is 1. The van der Waals surface area contributed by atoms with Crippen LogP contribution in [0.4, 0.5) is 0 Å². The lowest BCUT2D eigenvalue weighted by Gasteiger charge is -2.58. The highest BCUT2D eigenvalue weighted by Crippen LogP contribution is 2.75. The van der Waals surface area contributed by atoms with Gasteiger partial charge in [0, 0.05) is 11.0 Å². The summed E-state index contributed by atoms with van der Waals surface area (Å²) in [6.45, 7) is 4.83. The van der Waals surface area contributed by atoms with Gasteiger partial charge in [0.1, 0.15) is 11.7 Å². The highest BCUT2D eigenvalue weighted by molar-refractivity contribution is 5.36. The lowest BCUT2D eigenvalue weighted by atomic mass is 9.45. The van der Waals surface area contributed by atoms with E-state index in [1.54, 1.807) is 0 Å². The molecule has 24 heavy (non-hydrogen) atoms. The van der Waals surface area contributed by atoms with Crippen LogP contribution in [-0.4, -0.2) is 22.0 Å². The minimum absolute atomic E-state index is 0.00562. The third-order valence-electron chi connectivity index (χ3n) is 9.19. The number of aromatic nitrogens is 1. The average Bonchev–Trinajstić information content (AvgIpc) is 2.99. The Morgan fingerprint density at radius 2 is 2.00 bits per heavy atom. The van der Waals surface area contributed by atoms with Gasteiger partial charge in [0.15, 0.2) is 5.76 Å². The molecule has 1 spiro atoms. The van der Waals surface area contributed by atoms with Crippen molar-refractivity contribution in [2.45, 2.75) is 76.6 Å². The molecule has 0 radical (unpaired) electrons. The molecule has 1 saturated heterocycles. The number of nitrogens with zero attached hydrogens (tertiary/aromatic N) is 1. The van der Waals surface area contributed by atoms with Crippen molar-refractivity contribution in [3.63, 3.8) is 0 Å². The maximum atomic E-state index is 10.6. The van der Waals surface area contributed by atoms with Crippen LogP contribution < -0.4 is 0 Å². The number of aliphatic hydroxyl groups excluding tert-OH is 1. The Morgan fingerprint density at radius 3 is 2.88 bits per heavy atom. The normalized spacial score (nSPS) is 57.4. The van der Waals surface area contributed by atoms with E-state index in [1.165, 1.54) is 31.2 Å². The summed E-state index contributed by atoms with van der Waals surface area (Å²) in [5.41, 5.74) is 1.64. The largest absolute Gasteiger partial charge is 0.393 e. The monoisotopic (exact) mass is 329 g/mol. The minimum atomic E-state index is -0.0897. The molecular weight excluding hydrogens is 302 g/mol. The van der Waals surface area contributed by atoms with Crippen LogP contribution in [-0.2, 0) is 11.2 Å². The second-order valence-electron chi connectivity index (χ2n) is 9.75. The maximum absolute atomic E-state index is 10.6. The van der Waals surface area contributed by atoms with Gasteiger partial charge >= 0.3 is 0 Å². The first-order valence-corrected chi connectivity index (χ1v) is 9.79. The van der Waals surface area contributed by atoms with Gasteiger partial charge in [0.05, 0.1) is 12.3 Å². The molecular formula is C20H27NO3.